The van der Waals surface area contributed by atoms with Crippen LogP contribution in [0.2, 0.25) is 0 Å². The van der Waals surface area contributed by atoms with Gasteiger partial charge in [-0.1, -0.05) is 36.4 Å². The number of nitrogens with two attached hydrogens (primary N) is 1. The smallest absolute Gasteiger partial charge is 0.362 e. The van der Waals surface area contributed by atoms with Gasteiger partial charge in [-0.3, -0.25) is 0 Å². The van der Waals surface area contributed by atoms with Gasteiger partial charge < -0.3 is 14.6 Å². The maximum atomic E-state index is 14.6. The highest BCUT2D eigenvalue weighted by Crippen LogP contribution is 2.38. The van der Waals surface area contributed by atoms with Crippen LogP contribution in [-0.4, -0.2) is 9.55 Å². The highest BCUT2D eigenvalue weighted by Gasteiger charge is 2.37. The molecule has 0 radical (unpaired) electrons. The van der Waals surface area contributed by atoms with Crippen molar-refractivity contribution in [3.8, 4) is 12.0 Å². The van der Waals surface area contributed by atoms with Crippen LogP contribution < -0.4 is 22.3 Å². The number of nitrogens with zero attached hydrogens (tertiary/aromatic N) is 3. The first-order chi connectivity index (χ1) is 15.0. The molecule has 31 heavy (non-hydrogen) atoms. The van der Waals surface area contributed by atoms with E-state index in [0.29, 0.717) is 0 Å². The lowest BCUT2D eigenvalue weighted by molar-refractivity contribution is 0.454. The third-order valence-electron chi connectivity index (χ3n) is 5.02. The fourth-order valence-electron chi connectivity index (χ4n) is 3.70. The number of hydrogen-bond acceptors (Lipinski definition) is 6. The normalized spacial score (nSPS) is 15.5. The predicted octanol–water partition coefficient (Wildman–Crippen LogP) is 1.93. The van der Waals surface area contributed by atoms with Crippen LogP contribution >= 0.6 is 0 Å². The summed E-state index contributed by atoms with van der Waals surface area (Å²) in [4.78, 5) is 16.8. The molecule has 2 aromatic heterocycles. The predicted molar refractivity (Wildman–Crippen MR) is 105 cm³/mol. The van der Waals surface area contributed by atoms with Gasteiger partial charge in [0.05, 0.1) is 5.92 Å². The van der Waals surface area contributed by atoms with Crippen LogP contribution in [0.1, 0.15) is 22.7 Å². The molecule has 1 atom stereocenters. The average Bonchev–Trinajstić information content (AvgIpc) is 3.28. The van der Waals surface area contributed by atoms with Crippen LogP contribution in [-0.2, 0) is 0 Å². The molecule has 7 nitrogen and oxygen atoms in total. The molecule has 0 spiro atoms. The quantitative estimate of drug-likeness (QED) is 0.533. The van der Waals surface area contributed by atoms with Crippen molar-refractivity contribution in [3.05, 3.63) is 98.3 Å². The molecule has 2 N–H and O–H groups in total. The Labute approximate surface area is 172 Å². The van der Waals surface area contributed by atoms with Gasteiger partial charge in [-0.25, -0.2) is 18.1 Å². The maximum Gasteiger partial charge on any atom is 0.362 e. The van der Waals surface area contributed by atoms with Crippen molar-refractivity contribution in [2.45, 2.75) is 5.92 Å². The average molecular weight is 418 g/mol. The number of benzene rings is 2. The minimum absolute atomic E-state index is 0.00630. The topological polar surface area (TPSA) is 111 Å². The van der Waals surface area contributed by atoms with Gasteiger partial charge in [0.1, 0.15) is 34.3 Å². The number of anilines is 1. The van der Waals surface area contributed by atoms with Gasteiger partial charge in [0.15, 0.2) is 0 Å². The fraction of sp³-hybridized carbons (Fsp3) is 0.0455. The van der Waals surface area contributed by atoms with Crippen LogP contribution in [0, 0.1) is 23.0 Å². The maximum absolute atomic E-state index is 14.6. The Bertz CT molecular complexity index is 1570. The lowest BCUT2D eigenvalue weighted by Crippen LogP contribution is -2.35. The first-order valence-corrected chi connectivity index (χ1v) is 9.13. The van der Waals surface area contributed by atoms with Crippen molar-refractivity contribution in [1.82, 2.24) is 9.55 Å². The fourth-order valence-corrected chi connectivity index (χ4v) is 3.70. The second-order valence-electron chi connectivity index (χ2n) is 6.80. The molecule has 2 aromatic carbocycles. The Balaban J connectivity index is 1.92. The summed E-state index contributed by atoms with van der Waals surface area (Å²) in [5, 5.41) is 9.78. The number of fused-ring (bicyclic) bond motifs is 3. The molecule has 0 bridgehead atoms. The van der Waals surface area contributed by atoms with Crippen molar-refractivity contribution < 1.29 is 17.6 Å². The van der Waals surface area contributed by atoms with Crippen molar-refractivity contribution in [2.75, 3.05) is 5.73 Å². The molecule has 1 aliphatic heterocycles. The molecule has 5 rings (SSSR count). The number of nitrogen functional groups attached to an aromatic ring is 1. The van der Waals surface area contributed by atoms with Gasteiger partial charge in [-0.2, -0.15) is 10.2 Å². The van der Waals surface area contributed by atoms with E-state index in [1.165, 1.54) is 47.0 Å². The Hall–Kier alpha value is -4.45. The molecule has 0 aliphatic carbocycles. The number of oxazole rings is 2. The van der Waals surface area contributed by atoms with E-state index in [4.69, 9.17) is 14.6 Å². The van der Waals surface area contributed by atoms with E-state index < -0.39 is 23.2 Å². The standard InChI is InChI=1S/C22H12F2N4O3/c23-14-7-3-1-5-11(14)9-16-21(29)30-19-13(10-25)17(12-6-2-4-8-15(12)24)18-20(28(16)19)31-22(26)27-18/h1-9,17H,(H2,26,27)/b16-9+. The van der Waals surface area contributed by atoms with Crippen LogP contribution in [0.3, 0.4) is 0 Å². The van der Waals surface area contributed by atoms with E-state index in [2.05, 4.69) is 4.98 Å². The molecule has 1 aliphatic rings. The summed E-state index contributed by atoms with van der Waals surface area (Å²) in [6, 6.07) is 13.4. The van der Waals surface area contributed by atoms with E-state index in [1.807, 2.05) is 6.07 Å². The Kier molecular flexibility index (Phi) is 4.08. The zero-order valence-electron chi connectivity index (χ0n) is 15.7. The molecule has 0 saturated heterocycles. The lowest BCUT2D eigenvalue weighted by Gasteiger charge is -2.19. The molecule has 9 heteroatoms. The Morgan fingerprint density at radius 1 is 1.10 bits per heavy atom. The molecule has 3 heterocycles. The third-order valence-corrected chi connectivity index (χ3v) is 5.02. The molecule has 152 valence electrons. The van der Waals surface area contributed by atoms with Gasteiger partial charge in [-0.05, 0) is 18.2 Å². The first kappa shape index (κ1) is 18.6. The second kappa shape index (κ2) is 6.81. The van der Waals surface area contributed by atoms with E-state index in [-0.39, 0.29) is 45.2 Å². The SMILES string of the molecule is N#CC1=c2oc(=O)/c(=C\c3ccccc3F)n2-c2oc(N)nc2C1c1ccccc1F. The molecule has 0 saturated carbocycles. The van der Waals surface area contributed by atoms with Crippen LogP contribution in [0.25, 0.3) is 17.5 Å². The number of halogens is 2. The number of aromatic nitrogens is 2. The van der Waals surface area contributed by atoms with Gasteiger partial charge in [0.2, 0.25) is 11.4 Å². The summed E-state index contributed by atoms with van der Waals surface area (Å²) in [7, 11) is 0. The first-order valence-electron chi connectivity index (χ1n) is 9.13. The highest BCUT2D eigenvalue weighted by atomic mass is 19.1. The van der Waals surface area contributed by atoms with Crippen molar-refractivity contribution in [3.63, 3.8) is 0 Å². The molecule has 4 aromatic rings. The van der Waals surface area contributed by atoms with Gasteiger partial charge in [0.25, 0.3) is 6.01 Å². The summed E-state index contributed by atoms with van der Waals surface area (Å²) >= 11 is 0. The van der Waals surface area contributed by atoms with E-state index in [9.17, 15) is 18.8 Å². The second-order valence-corrected chi connectivity index (χ2v) is 6.80. The third kappa shape index (κ3) is 2.77. The Morgan fingerprint density at radius 3 is 2.52 bits per heavy atom. The van der Waals surface area contributed by atoms with Gasteiger partial charge in [-0.15, -0.1) is 0 Å². The number of nitriles is 1. The summed E-state index contributed by atoms with van der Waals surface area (Å²) in [5.41, 5.74) is 5.11. The van der Waals surface area contributed by atoms with E-state index in [0.717, 1.165) is 0 Å². The van der Waals surface area contributed by atoms with Gasteiger partial charge >= 0.3 is 5.63 Å². The van der Waals surface area contributed by atoms with Crippen LogP contribution in [0.4, 0.5) is 14.8 Å². The van der Waals surface area contributed by atoms with Crippen molar-refractivity contribution >= 4 is 17.7 Å². The van der Waals surface area contributed by atoms with E-state index in [1.54, 1.807) is 12.1 Å². The van der Waals surface area contributed by atoms with E-state index >= 15 is 0 Å². The number of rotatable bonds is 2. The summed E-state index contributed by atoms with van der Waals surface area (Å²) in [6.45, 7) is 0. The minimum Gasteiger partial charge on any atom is -0.406 e. The lowest BCUT2D eigenvalue weighted by atomic mass is 9.87. The molecular formula is C22H12F2N4O3. The molecule has 0 fully saturated rings. The monoisotopic (exact) mass is 418 g/mol. The van der Waals surface area contributed by atoms with Crippen molar-refractivity contribution in [2.24, 2.45) is 0 Å². The molecule has 0 amide bonds. The summed E-state index contributed by atoms with van der Waals surface area (Å²) < 4.78 is 40.9. The minimum atomic E-state index is -1.01. The zero-order valence-corrected chi connectivity index (χ0v) is 15.7. The zero-order chi connectivity index (χ0) is 21.7. The highest BCUT2D eigenvalue weighted by molar-refractivity contribution is 5.73. The molecule has 1 unspecified atom stereocenters. The van der Waals surface area contributed by atoms with Crippen LogP contribution in [0.15, 0.2) is 62.2 Å². The number of hydrogen-bond donors (Lipinski definition) is 1. The summed E-state index contributed by atoms with van der Waals surface area (Å²) in [5.74, 6) is -2.14. The largest absolute Gasteiger partial charge is 0.406 e. The van der Waals surface area contributed by atoms with Gasteiger partial charge in [0, 0.05) is 11.1 Å². The summed E-state index contributed by atoms with van der Waals surface area (Å²) in [6.07, 6.45) is 1.27. The molecular weight excluding hydrogens is 406 g/mol. The van der Waals surface area contributed by atoms with Crippen LogP contribution in [0.5, 0.6) is 0 Å². The Morgan fingerprint density at radius 2 is 1.81 bits per heavy atom. The van der Waals surface area contributed by atoms with Crippen molar-refractivity contribution in [1.29, 1.82) is 5.26 Å².